The number of pyridine rings is 1. The van der Waals surface area contributed by atoms with Crippen LogP contribution >= 0.6 is 0 Å². The Kier molecular flexibility index (Phi) is 14.0. The van der Waals surface area contributed by atoms with Gasteiger partial charge in [0, 0.05) is 87.6 Å². The summed E-state index contributed by atoms with van der Waals surface area (Å²) in [4.78, 5) is 90.8. The van der Waals surface area contributed by atoms with E-state index in [-0.39, 0.29) is 62.1 Å². The van der Waals surface area contributed by atoms with Crippen LogP contribution in [0, 0.1) is 5.41 Å². The Labute approximate surface area is 401 Å². The summed E-state index contributed by atoms with van der Waals surface area (Å²) in [5, 5.41) is 19.6. The number of amides is 5. The summed E-state index contributed by atoms with van der Waals surface area (Å²) in [6.07, 6.45) is 4.96. The number of piperazine rings is 1. The lowest BCUT2D eigenvalue weighted by molar-refractivity contribution is -0.155. The summed E-state index contributed by atoms with van der Waals surface area (Å²) in [5.41, 5.74) is 9.93. The van der Waals surface area contributed by atoms with Gasteiger partial charge < -0.3 is 39.2 Å². The average molecular weight is 946 g/mol. The SMILES string of the molecule is CCn1c(-c2cnccc2COC)c2c3cc(ccc31)-c1cc(O)cc(c1)C[C@H](NC(=O)C(=C(C)C)N(C)C(=O)CN(C)C(=O)CN1C[C@@H]3N[C@@H]3C1=O)C(=O)N1CCC[C@H](N1)C(=O)OCC(C)(C)C2. The first kappa shape index (κ1) is 48.8. The summed E-state index contributed by atoms with van der Waals surface area (Å²) in [7, 11) is 4.56. The number of fused-ring (bicyclic) bond motifs is 7. The predicted octanol–water partition coefficient (Wildman–Crippen LogP) is 3.28. The minimum absolute atomic E-state index is 0.0237. The van der Waals surface area contributed by atoms with Gasteiger partial charge >= 0.3 is 5.97 Å². The number of hydrogen-bond donors (Lipinski definition) is 4. The number of likely N-dealkylation sites (N-methyl/N-ethyl adjacent to an activating group) is 2. The molecule has 18 nitrogen and oxygen atoms in total. The lowest BCUT2D eigenvalue weighted by Crippen LogP contribution is -2.60. The van der Waals surface area contributed by atoms with E-state index in [0.29, 0.717) is 55.7 Å². The van der Waals surface area contributed by atoms with E-state index in [4.69, 9.17) is 9.47 Å². The third-order valence-electron chi connectivity index (χ3n) is 13.5. The second-order valence-corrected chi connectivity index (χ2v) is 19.7. The van der Waals surface area contributed by atoms with Gasteiger partial charge in [0.05, 0.1) is 32.0 Å². The quantitative estimate of drug-likeness (QED) is 0.0969. The van der Waals surface area contributed by atoms with E-state index in [9.17, 15) is 33.9 Å². The van der Waals surface area contributed by atoms with Gasteiger partial charge in [0.25, 0.3) is 11.8 Å². The maximum absolute atomic E-state index is 14.7. The summed E-state index contributed by atoms with van der Waals surface area (Å²) < 4.78 is 14.0. The van der Waals surface area contributed by atoms with Crippen LogP contribution in [0.5, 0.6) is 5.75 Å². The number of hydrazine groups is 1. The van der Waals surface area contributed by atoms with Crippen molar-refractivity contribution in [3.63, 3.8) is 0 Å². The summed E-state index contributed by atoms with van der Waals surface area (Å²) in [6.45, 7) is 10.8. The summed E-state index contributed by atoms with van der Waals surface area (Å²) >= 11 is 0. The molecule has 2 aromatic heterocycles. The van der Waals surface area contributed by atoms with E-state index >= 15 is 0 Å². The number of hydrogen-bond acceptors (Lipinski definition) is 12. The maximum atomic E-state index is 14.7. The number of allylic oxidation sites excluding steroid dienone is 1. The molecular weight excluding hydrogens is 883 g/mol. The van der Waals surface area contributed by atoms with Crippen molar-refractivity contribution < 1.29 is 43.3 Å². The summed E-state index contributed by atoms with van der Waals surface area (Å²) in [6, 6.07) is 10.9. The molecule has 8 rings (SSSR count). The van der Waals surface area contributed by atoms with E-state index in [0.717, 1.165) is 43.8 Å². The number of rotatable bonds is 11. The van der Waals surface area contributed by atoms with Crippen LogP contribution in [-0.2, 0) is 64.2 Å². The number of cyclic esters (lactones) is 1. The number of carbonyl (C=O) groups excluding carboxylic acids is 6. The number of likely N-dealkylation sites (tertiary alicyclic amines) is 1. The number of ether oxygens (including phenoxy) is 2. The molecule has 0 saturated carbocycles. The predicted molar refractivity (Wildman–Crippen MR) is 257 cm³/mol. The molecule has 4 N–H and O–H groups in total. The van der Waals surface area contributed by atoms with E-state index in [2.05, 4.69) is 58.5 Å². The molecule has 0 unspecified atom stereocenters. The molecule has 5 amide bonds. The van der Waals surface area contributed by atoms with Crippen molar-refractivity contribution in [2.24, 2.45) is 5.41 Å². The number of aromatic nitrogens is 2. The maximum Gasteiger partial charge on any atom is 0.324 e. The van der Waals surface area contributed by atoms with Crippen molar-refractivity contribution in [2.45, 2.75) is 97.6 Å². The number of benzene rings is 2. The fourth-order valence-electron chi connectivity index (χ4n) is 9.92. The number of methoxy groups -OCH3 is 1. The molecule has 4 atom stereocenters. The molecule has 18 heteroatoms. The van der Waals surface area contributed by atoms with Crippen molar-refractivity contribution in [1.82, 2.24) is 45.3 Å². The van der Waals surface area contributed by atoms with Gasteiger partial charge in [-0.2, -0.15) is 0 Å². The van der Waals surface area contributed by atoms with E-state index in [1.807, 2.05) is 24.4 Å². The molecule has 366 valence electrons. The van der Waals surface area contributed by atoms with E-state index in [1.165, 1.54) is 28.9 Å². The highest BCUT2D eigenvalue weighted by molar-refractivity contribution is 6.01. The van der Waals surface area contributed by atoms with Gasteiger partial charge in [-0.15, -0.1) is 0 Å². The lowest BCUT2D eigenvalue weighted by atomic mass is 9.84. The van der Waals surface area contributed by atoms with Crippen molar-refractivity contribution in [1.29, 1.82) is 0 Å². The van der Waals surface area contributed by atoms with Gasteiger partial charge in [-0.05, 0) is 104 Å². The van der Waals surface area contributed by atoms with Crippen LogP contribution in [0.2, 0.25) is 0 Å². The first-order valence-electron chi connectivity index (χ1n) is 23.6. The van der Waals surface area contributed by atoms with E-state index < -0.39 is 47.1 Å². The van der Waals surface area contributed by atoms with Crippen LogP contribution < -0.4 is 16.1 Å². The Morgan fingerprint density at radius 1 is 1.03 bits per heavy atom. The number of nitrogens with zero attached hydrogens (tertiary/aromatic N) is 6. The van der Waals surface area contributed by atoms with Gasteiger partial charge in [-0.25, -0.2) is 5.43 Å². The third kappa shape index (κ3) is 10.2. The molecule has 4 aliphatic heterocycles. The molecule has 0 aliphatic carbocycles. The third-order valence-corrected chi connectivity index (χ3v) is 13.5. The van der Waals surface area contributed by atoms with E-state index in [1.54, 1.807) is 39.3 Å². The van der Waals surface area contributed by atoms with Crippen molar-refractivity contribution in [3.05, 3.63) is 82.8 Å². The second-order valence-electron chi connectivity index (χ2n) is 19.7. The molecular formula is C51H63N9O9. The number of aromatic hydroxyl groups is 1. The van der Waals surface area contributed by atoms with Crippen LogP contribution in [0.25, 0.3) is 33.3 Å². The number of nitrogens with one attached hydrogen (secondary N) is 3. The molecule has 3 saturated heterocycles. The zero-order chi connectivity index (χ0) is 49.5. The average Bonchev–Trinajstić information content (AvgIpc) is 3.94. The standard InChI is InChI=1S/C51H63N9O9/c1-9-59-41-13-12-31-21-35(41)36(46(59)37-23-52-15-14-32(37)27-68-8)22-51(4,5)28-69-50(67)38-11-10-16-60(55-38)48(65)39(19-30-17-33(31)20-34(61)18-30)54-47(64)45(29(2)3)57(7)43(63)25-56(6)42(62)26-58-24-40-44(53-40)49(58)66/h12-15,17-18,20-21,23,38-40,44,53,55,61H,9-11,16,19,22,24-28H2,1-8H3,(H,54,64)/t38-,39-,40-,44-/m0/s1. The number of phenols is 1. The topological polar surface area (TPSA) is 218 Å². The Balaban J connectivity index is 1.14. The van der Waals surface area contributed by atoms with Crippen LogP contribution in [0.1, 0.15) is 64.2 Å². The Bertz CT molecular complexity index is 2740. The molecule has 6 heterocycles. The smallest absolute Gasteiger partial charge is 0.324 e. The largest absolute Gasteiger partial charge is 0.508 e. The minimum Gasteiger partial charge on any atom is -0.508 e. The van der Waals surface area contributed by atoms with Crippen molar-refractivity contribution in [2.75, 3.05) is 54.0 Å². The van der Waals surface area contributed by atoms with Gasteiger partial charge in [0.1, 0.15) is 29.6 Å². The van der Waals surface area contributed by atoms with Gasteiger partial charge in [0.15, 0.2) is 0 Å². The molecule has 4 aliphatic rings. The normalized spacial score (nSPS) is 21.0. The highest BCUT2D eigenvalue weighted by atomic mass is 16.5. The fourth-order valence-corrected chi connectivity index (χ4v) is 9.92. The van der Waals surface area contributed by atoms with Gasteiger partial charge in [0.2, 0.25) is 17.7 Å². The molecule has 69 heavy (non-hydrogen) atoms. The van der Waals surface area contributed by atoms with Crippen LogP contribution in [-0.4, -0.2) is 148 Å². The first-order chi connectivity index (χ1) is 32.9. The molecule has 0 spiro atoms. The molecule has 3 fully saturated rings. The molecule has 6 bridgehead atoms. The number of aryl methyl sites for hydroxylation is 1. The first-order valence-corrected chi connectivity index (χ1v) is 23.6. The monoisotopic (exact) mass is 945 g/mol. The fraction of sp³-hybridized carbons (Fsp3) is 0.471. The van der Waals surface area contributed by atoms with Crippen LogP contribution in [0.15, 0.2) is 66.1 Å². The minimum atomic E-state index is -1.25. The Hall–Kier alpha value is -6.63. The number of esters is 1. The van der Waals surface area contributed by atoms with Crippen molar-refractivity contribution >= 4 is 46.4 Å². The van der Waals surface area contributed by atoms with Crippen LogP contribution in [0.3, 0.4) is 0 Å². The highest BCUT2D eigenvalue weighted by Gasteiger charge is 2.52. The second kappa shape index (κ2) is 19.8. The highest BCUT2D eigenvalue weighted by Crippen LogP contribution is 2.41. The molecule has 4 aromatic rings. The number of carbonyl (C=O) groups is 6. The van der Waals surface area contributed by atoms with Crippen molar-refractivity contribution in [3.8, 4) is 28.1 Å². The van der Waals surface area contributed by atoms with Crippen LogP contribution in [0.4, 0.5) is 0 Å². The Morgan fingerprint density at radius 2 is 1.81 bits per heavy atom. The molecule has 0 radical (unpaired) electrons. The number of phenolic OH excluding ortho intramolecular Hbond substituents is 1. The zero-order valence-electron chi connectivity index (χ0n) is 40.7. The Morgan fingerprint density at radius 3 is 2.52 bits per heavy atom. The van der Waals surface area contributed by atoms with Gasteiger partial charge in [-0.1, -0.05) is 26.0 Å². The van der Waals surface area contributed by atoms with Gasteiger partial charge in [-0.3, -0.25) is 44.1 Å². The lowest BCUT2D eigenvalue weighted by Gasteiger charge is -2.36. The molecule has 2 aromatic carbocycles. The zero-order valence-corrected chi connectivity index (χ0v) is 40.7. The summed E-state index contributed by atoms with van der Waals surface area (Å²) in [5.74, 6) is -2.94.